The first-order chi connectivity index (χ1) is 9.45. The molecule has 1 heterocycles. The van der Waals surface area contributed by atoms with Crippen LogP contribution in [0.5, 0.6) is 0 Å². The predicted octanol–water partition coefficient (Wildman–Crippen LogP) is 2.59. The van der Waals surface area contributed by atoms with Crippen LogP contribution in [0.4, 0.5) is 0 Å². The van der Waals surface area contributed by atoms with Gasteiger partial charge in [-0.05, 0) is 29.9 Å². The molecule has 1 aromatic rings. The average Bonchev–Trinajstić information content (AvgIpc) is 3.09. The highest BCUT2D eigenvalue weighted by Crippen LogP contribution is 2.33. The number of hydrogen-bond acceptors (Lipinski definition) is 4. The normalized spacial score (nSPS) is 16.0. The van der Waals surface area contributed by atoms with Crippen molar-refractivity contribution in [2.75, 3.05) is 6.54 Å². The maximum atomic E-state index is 12.6. The summed E-state index contributed by atoms with van der Waals surface area (Å²) in [4.78, 5) is 0. The Bertz CT molecular complexity index is 559. The average molecular weight is 314 g/mol. The Morgan fingerprint density at radius 3 is 2.80 bits per heavy atom. The Morgan fingerprint density at radius 2 is 2.25 bits per heavy atom. The molecule has 1 aliphatic carbocycles. The van der Waals surface area contributed by atoms with Crippen LogP contribution in [0.2, 0.25) is 0 Å². The smallest absolute Gasteiger partial charge is 0.253 e. The van der Waals surface area contributed by atoms with Gasteiger partial charge in [0.05, 0.1) is 0 Å². The SMILES string of the molecule is C=CCN(C1CC1)S(=O)(=O)c1cc(CNC(C)C)cs1. The van der Waals surface area contributed by atoms with Crippen LogP contribution < -0.4 is 5.32 Å². The third kappa shape index (κ3) is 3.69. The maximum Gasteiger partial charge on any atom is 0.253 e. The van der Waals surface area contributed by atoms with E-state index < -0.39 is 10.0 Å². The molecule has 4 nitrogen and oxygen atoms in total. The Morgan fingerprint density at radius 1 is 1.55 bits per heavy atom. The highest BCUT2D eigenvalue weighted by Gasteiger charge is 2.37. The van der Waals surface area contributed by atoms with Crippen LogP contribution in [-0.4, -0.2) is 31.4 Å². The Labute approximate surface area is 125 Å². The molecule has 1 N–H and O–H groups in total. The van der Waals surface area contributed by atoms with Gasteiger partial charge < -0.3 is 5.32 Å². The van der Waals surface area contributed by atoms with Gasteiger partial charge in [0.15, 0.2) is 0 Å². The number of nitrogens with zero attached hydrogens (tertiary/aromatic N) is 1. The minimum atomic E-state index is -3.36. The summed E-state index contributed by atoms with van der Waals surface area (Å²) in [5, 5.41) is 5.22. The van der Waals surface area contributed by atoms with E-state index in [1.165, 1.54) is 11.3 Å². The van der Waals surface area contributed by atoms with E-state index in [1.807, 2.05) is 5.38 Å². The summed E-state index contributed by atoms with van der Waals surface area (Å²) in [7, 11) is -3.36. The van der Waals surface area contributed by atoms with Crippen molar-refractivity contribution in [2.24, 2.45) is 0 Å². The van der Waals surface area contributed by atoms with Crippen LogP contribution in [0.15, 0.2) is 28.3 Å². The first-order valence-corrected chi connectivity index (χ1v) is 9.20. The zero-order valence-electron chi connectivity index (χ0n) is 12.0. The summed E-state index contributed by atoms with van der Waals surface area (Å²) < 4.78 is 27.3. The molecule has 20 heavy (non-hydrogen) atoms. The van der Waals surface area contributed by atoms with Crippen LogP contribution in [0.1, 0.15) is 32.3 Å². The predicted molar refractivity (Wildman–Crippen MR) is 83.4 cm³/mol. The Hall–Kier alpha value is -0.690. The molecule has 1 aromatic heterocycles. The lowest BCUT2D eigenvalue weighted by Gasteiger charge is -2.18. The van der Waals surface area contributed by atoms with E-state index in [9.17, 15) is 8.42 Å². The van der Waals surface area contributed by atoms with Gasteiger partial charge in [0.2, 0.25) is 0 Å². The van der Waals surface area contributed by atoms with Gasteiger partial charge in [0.25, 0.3) is 10.0 Å². The van der Waals surface area contributed by atoms with E-state index in [2.05, 4.69) is 25.7 Å². The fraction of sp³-hybridized carbons (Fsp3) is 0.571. The fourth-order valence-electron chi connectivity index (χ4n) is 1.95. The van der Waals surface area contributed by atoms with Gasteiger partial charge in [-0.2, -0.15) is 4.31 Å². The van der Waals surface area contributed by atoms with Crippen molar-refractivity contribution in [3.05, 3.63) is 29.7 Å². The zero-order chi connectivity index (χ0) is 14.8. The molecule has 2 rings (SSSR count). The molecule has 0 spiro atoms. The van der Waals surface area contributed by atoms with Gasteiger partial charge in [-0.15, -0.1) is 17.9 Å². The lowest BCUT2D eigenvalue weighted by molar-refractivity contribution is 0.437. The lowest BCUT2D eigenvalue weighted by Crippen LogP contribution is -2.32. The first-order valence-electron chi connectivity index (χ1n) is 6.88. The van der Waals surface area contributed by atoms with Gasteiger partial charge >= 0.3 is 0 Å². The molecule has 0 amide bonds. The number of sulfonamides is 1. The monoisotopic (exact) mass is 314 g/mol. The number of nitrogens with one attached hydrogen (secondary N) is 1. The molecule has 1 fully saturated rings. The molecule has 1 aliphatic rings. The molecule has 112 valence electrons. The summed E-state index contributed by atoms with van der Waals surface area (Å²) in [5.41, 5.74) is 1.02. The van der Waals surface area contributed by atoms with Crippen LogP contribution in [0.3, 0.4) is 0 Å². The first kappa shape index (κ1) is 15.7. The fourth-order valence-corrected chi connectivity index (χ4v) is 4.94. The maximum absolute atomic E-state index is 12.6. The second-order valence-corrected chi connectivity index (χ2v) is 8.43. The van der Waals surface area contributed by atoms with Crippen molar-refractivity contribution < 1.29 is 8.42 Å². The van der Waals surface area contributed by atoms with E-state index in [0.29, 0.717) is 23.3 Å². The molecule has 0 unspecified atom stereocenters. The van der Waals surface area contributed by atoms with Crippen molar-refractivity contribution in [3.63, 3.8) is 0 Å². The molecule has 1 saturated carbocycles. The number of hydrogen-bond donors (Lipinski definition) is 1. The number of thiophene rings is 1. The molecule has 0 radical (unpaired) electrons. The minimum absolute atomic E-state index is 0.164. The highest BCUT2D eigenvalue weighted by molar-refractivity contribution is 7.91. The molecular weight excluding hydrogens is 292 g/mol. The van der Waals surface area contributed by atoms with E-state index >= 15 is 0 Å². The van der Waals surface area contributed by atoms with E-state index in [0.717, 1.165) is 18.4 Å². The second-order valence-electron chi connectivity index (χ2n) is 5.40. The van der Waals surface area contributed by atoms with E-state index in [-0.39, 0.29) is 6.04 Å². The van der Waals surface area contributed by atoms with Crippen LogP contribution in [0.25, 0.3) is 0 Å². The highest BCUT2D eigenvalue weighted by atomic mass is 32.2. The Kier molecular flexibility index (Phi) is 5.01. The summed E-state index contributed by atoms with van der Waals surface area (Å²) in [6.07, 6.45) is 3.57. The molecule has 0 aliphatic heterocycles. The largest absolute Gasteiger partial charge is 0.310 e. The molecule has 6 heteroatoms. The van der Waals surface area contributed by atoms with Crippen molar-refractivity contribution in [2.45, 2.75) is 49.5 Å². The molecule has 0 saturated heterocycles. The molecule has 0 bridgehead atoms. The summed E-state index contributed by atoms with van der Waals surface area (Å²) in [6.45, 7) is 8.90. The molecular formula is C14H22N2O2S2. The van der Waals surface area contributed by atoms with Crippen LogP contribution >= 0.6 is 11.3 Å². The third-order valence-electron chi connectivity index (χ3n) is 3.17. The van der Waals surface area contributed by atoms with Crippen LogP contribution in [-0.2, 0) is 16.6 Å². The van der Waals surface area contributed by atoms with Crippen molar-refractivity contribution in [1.82, 2.24) is 9.62 Å². The topological polar surface area (TPSA) is 49.4 Å². The van der Waals surface area contributed by atoms with Gasteiger partial charge in [-0.1, -0.05) is 19.9 Å². The van der Waals surface area contributed by atoms with E-state index in [4.69, 9.17) is 0 Å². The summed E-state index contributed by atoms with van der Waals surface area (Å²) in [6, 6.07) is 2.34. The van der Waals surface area contributed by atoms with Gasteiger partial charge in [0.1, 0.15) is 4.21 Å². The second kappa shape index (κ2) is 6.39. The van der Waals surface area contributed by atoms with E-state index in [1.54, 1.807) is 16.4 Å². The molecule has 0 atom stereocenters. The Balaban J connectivity index is 2.14. The summed E-state index contributed by atoms with van der Waals surface area (Å²) >= 11 is 1.30. The van der Waals surface area contributed by atoms with Gasteiger partial charge in [-0.25, -0.2) is 8.42 Å². The quantitative estimate of drug-likeness (QED) is 0.750. The van der Waals surface area contributed by atoms with Gasteiger partial charge in [0, 0.05) is 25.2 Å². The van der Waals surface area contributed by atoms with Gasteiger partial charge in [-0.3, -0.25) is 0 Å². The molecule has 0 aromatic carbocycles. The van der Waals surface area contributed by atoms with Crippen molar-refractivity contribution >= 4 is 21.4 Å². The van der Waals surface area contributed by atoms with Crippen LogP contribution in [0, 0.1) is 0 Å². The lowest BCUT2D eigenvalue weighted by atomic mass is 10.3. The standard InChI is InChI=1S/C14H22N2O2S2/c1-4-7-16(13-5-6-13)20(17,18)14-8-12(10-19-14)9-15-11(2)3/h4,8,10-11,13,15H,1,5-7,9H2,2-3H3. The minimum Gasteiger partial charge on any atom is -0.310 e. The summed E-state index contributed by atoms with van der Waals surface area (Å²) in [5.74, 6) is 0. The zero-order valence-corrected chi connectivity index (χ0v) is 13.6. The number of rotatable bonds is 8. The van der Waals surface area contributed by atoms with Crippen molar-refractivity contribution in [3.8, 4) is 0 Å². The van der Waals surface area contributed by atoms with Crippen molar-refractivity contribution in [1.29, 1.82) is 0 Å². The third-order valence-corrected chi connectivity index (χ3v) is 6.55.